The van der Waals surface area contributed by atoms with Crippen LogP contribution in [0.4, 0.5) is 0 Å². The zero-order valence-electron chi connectivity index (χ0n) is 23.8. The third-order valence-electron chi connectivity index (χ3n) is 11.5. The fourth-order valence-corrected chi connectivity index (χ4v) is 8.73. The van der Waals surface area contributed by atoms with E-state index in [1.54, 1.807) is 0 Å². The van der Waals surface area contributed by atoms with E-state index in [4.69, 9.17) is 14.2 Å². The van der Waals surface area contributed by atoms with Gasteiger partial charge in [-0.1, -0.05) is 27.7 Å². The molecule has 7 aliphatic rings. The van der Waals surface area contributed by atoms with Gasteiger partial charge in [-0.2, -0.15) is 0 Å². The van der Waals surface area contributed by atoms with E-state index in [0.717, 1.165) is 43.9 Å². The lowest BCUT2D eigenvalue weighted by Crippen LogP contribution is -2.60. The van der Waals surface area contributed by atoms with Crippen molar-refractivity contribution in [2.24, 2.45) is 52.8 Å². The van der Waals surface area contributed by atoms with E-state index >= 15 is 0 Å². The first-order valence-corrected chi connectivity index (χ1v) is 15.2. The molecule has 37 heavy (non-hydrogen) atoms. The van der Waals surface area contributed by atoms with E-state index in [-0.39, 0.29) is 53.0 Å². The molecule has 6 unspecified atom stereocenters. The van der Waals surface area contributed by atoms with E-state index in [1.807, 2.05) is 27.7 Å². The van der Waals surface area contributed by atoms with E-state index < -0.39 is 0 Å². The monoisotopic (exact) mass is 516 g/mol. The molecular formula is C31H48O6. The van der Waals surface area contributed by atoms with Gasteiger partial charge in [0.1, 0.15) is 17.8 Å². The second-order valence-electron chi connectivity index (χ2n) is 13.9. The quantitative estimate of drug-likeness (QED) is 0.301. The smallest absolute Gasteiger partial charge is 0.312 e. The molecule has 0 aromatic carbocycles. The van der Waals surface area contributed by atoms with Gasteiger partial charge >= 0.3 is 17.9 Å². The fourth-order valence-electron chi connectivity index (χ4n) is 8.73. The SMILES string of the molecule is CCC(C)(C)C(=O)OC1(CC)C2CC3CC(C2)CC1C3.CCC(C)C(=O)OC1C2CC3C(=O)OC1C3C2. The van der Waals surface area contributed by atoms with Crippen LogP contribution in [0.3, 0.4) is 0 Å². The molecule has 6 saturated carbocycles. The Hall–Kier alpha value is -1.59. The molecule has 6 nitrogen and oxygen atoms in total. The van der Waals surface area contributed by atoms with Crippen molar-refractivity contribution in [3.63, 3.8) is 0 Å². The number of carbonyl (C=O) groups is 3. The highest BCUT2D eigenvalue weighted by molar-refractivity contribution is 5.77. The summed E-state index contributed by atoms with van der Waals surface area (Å²) in [5, 5.41) is 0. The van der Waals surface area contributed by atoms with Crippen LogP contribution in [-0.2, 0) is 28.6 Å². The maximum atomic E-state index is 12.6. The first kappa shape index (κ1) is 27.0. The lowest BCUT2D eigenvalue weighted by atomic mass is 9.49. The summed E-state index contributed by atoms with van der Waals surface area (Å²) < 4.78 is 17.2. The summed E-state index contributed by atoms with van der Waals surface area (Å²) in [4.78, 5) is 36.0. The van der Waals surface area contributed by atoms with Crippen LogP contribution >= 0.6 is 0 Å². The molecule has 6 aliphatic carbocycles. The number of esters is 3. The van der Waals surface area contributed by atoms with Crippen LogP contribution in [0.15, 0.2) is 0 Å². The minimum absolute atomic E-state index is 0.0364. The van der Waals surface area contributed by atoms with Crippen molar-refractivity contribution in [2.45, 2.75) is 124 Å². The van der Waals surface area contributed by atoms with Gasteiger partial charge in [0.25, 0.3) is 0 Å². The Balaban J connectivity index is 0.000000153. The molecule has 6 bridgehead atoms. The number of rotatable bonds is 7. The van der Waals surface area contributed by atoms with Gasteiger partial charge in [-0.3, -0.25) is 14.4 Å². The molecule has 0 aromatic rings. The summed E-state index contributed by atoms with van der Waals surface area (Å²) in [6, 6.07) is 0. The maximum absolute atomic E-state index is 12.6. The van der Waals surface area contributed by atoms with Crippen molar-refractivity contribution in [3.8, 4) is 0 Å². The molecule has 7 rings (SSSR count). The van der Waals surface area contributed by atoms with Crippen LogP contribution < -0.4 is 0 Å². The van der Waals surface area contributed by atoms with Gasteiger partial charge in [0.05, 0.1) is 17.3 Å². The lowest BCUT2D eigenvalue weighted by molar-refractivity contribution is -0.218. The zero-order valence-corrected chi connectivity index (χ0v) is 23.8. The first-order chi connectivity index (χ1) is 17.5. The van der Waals surface area contributed by atoms with Crippen molar-refractivity contribution in [1.82, 2.24) is 0 Å². The van der Waals surface area contributed by atoms with Gasteiger partial charge in [0.15, 0.2) is 0 Å². The average molecular weight is 517 g/mol. The molecule has 0 aromatic heterocycles. The summed E-state index contributed by atoms with van der Waals surface area (Å²) in [6.07, 6.45) is 10.8. The van der Waals surface area contributed by atoms with Gasteiger partial charge in [-0.15, -0.1) is 0 Å². The van der Waals surface area contributed by atoms with Gasteiger partial charge < -0.3 is 14.2 Å². The highest BCUT2D eigenvalue weighted by Gasteiger charge is 2.63. The highest BCUT2D eigenvalue weighted by atomic mass is 16.6. The van der Waals surface area contributed by atoms with Crippen LogP contribution in [0, 0.1) is 52.8 Å². The molecule has 1 aliphatic heterocycles. The molecule has 6 atom stereocenters. The van der Waals surface area contributed by atoms with Crippen molar-refractivity contribution < 1.29 is 28.6 Å². The Morgan fingerprint density at radius 2 is 1.62 bits per heavy atom. The summed E-state index contributed by atoms with van der Waals surface area (Å²) in [6.45, 7) is 12.2. The molecular weight excluding hydrogens is 468 g/mol. The number of fused-ring (bicyclic) bond motifs is 1. The fraction of sp³-hybridized carbons (Fsp3) is 0.903. The van der Waals surface area contributed by atoms with E-state index in [2.05, 4.69) is 13.8 Å². The van der Waals surface area contributed by atoms with Gasteiger partial charge in [0, 0.05) is 11.8 Å². The van der Waals surface area contributed by atoms with Crippen LogP contribution in [0.25, 0.3) is 0 Å². The van der Waals surface area contributed by atoms with E-state index in [1.165, 1.54) is 32.1 Å². The topological polar surface area (TPSA) is 78.9 Å². The minimum Gasteiger partial charge on any atom is -0.458 e. The Labute approximate surface area is 222 Å². The number of carbonyl (C=O) groups excluding carboxylic acids is 3. The normalized spacial score (nSPS) is 43.2. The van der Waals surface area contributed by atoms with E-state index in [0.29, 0.717) is 23.7 Å². The summed E-state index contributed by atoms with van der Waals surface area (Å²) >= 11 is 0. The molecule has 0 radical (unpaired) electrons. The second kappa shape index (κ2) is 9.86. The maximum Gasteiger partial charge on any atom is 0.312 e. The number of hydrogen-bond acceptors (Lipinski definition) is 6. The highest BCUT2D eigenvalue weighted by Crippen LogP contribution is 2.61. The van der Waals surface area contributed by atoms with Gasteiger partial charge in [0.2, 0.25) is 0 Å². The van der Waals surface area contributed by atoms with Crippen LogP contribution in [0.5, 0.6) is 0 Å². The Bertz CT molecular complexity index is 879. The lowest BCUT2D eigenvalue weighted by Gasteiger charge is -2.60. The number of hydrogen-bond donors (Lipinski definition) is 0. The Morgan fingerprint density at radius 3 is 2.16 bits per heavy atom. The van der Waals surface area contributed by atoms with E-state index in [9.17, 15) is 14.4 Å². The van der Waals surface area contributed by atoms with Crippen molar-refractivity contribution in [3.05, 3.63) is 0 Å². The first-order valence-electron chi connectivity index (χ1n) is 15.2. The summed E-state index contributed by atoms with van der Waals surface area (Å²) in [7, 11) is 0. The second-order valence-corrected chi connectivity index (χ2v) is 13.9. The molecule has 6 heteroatoms. The van der Waals surface area contributed by atoms with Crippen molar-refractivity contribution >= 4 is 17.9 Å². The molecule has 0 N–H and O–H groups in total. The van der Waals surface area contributed by atoms with Crippen LogP contribution in [0.1, 0.15) is 106 Å². The number of ether oxygens (including phenoxy) is 3. The van der Waals surface area contributed by atoms with Crippen molar-refractivity contribution in [1.29, 1.82) is 0 Å². The van der Waals surface area contributed by atoms with Crippen molar-refractivity contribution in [2.75, 3.05) is 0 Å². The molecule has 1 heterocycles. The summed E-state index contributed by atoms with van der Waals surface area (Å²) in [5.41, 5.74) is -0.465. The van der Waals surface area contributed by atoms with Gasteiger partial charge in [-0.05, 0) is 102 Å². The zero-order chi connectivity index (χ0) is 26.7. The molecule has 0 spiro atoms. The molecule has 7 fully saturated rings. The van der Waals surface area contributed by atoms with Gasteiger partial charge in [-0.25, -0.2) is 0 Å². The average Bonchev–Trinajstić information content (AvgIpc) is 3.51. The predicted molar refractivity (Wildman–Crippen MR) is 139 cm³/mol. The molecule has 208 valence electrons. The minimum atomic E-state index is -0.336. The Kier molecular flexibility index (Phi) is 7.19. The standard InChI is InChI=1S/C18H30O2.C13H18O4/c1-5-17(3,4)16(19)20-18(6-2)14-8-12-7-13(10-14)11-15(18)9-12;1-3-6(2)12(14)16-10-7-4-8-9(5-7)13(15)17-11(8)10/h12-15H,5-11H2,1-4H3;6-11H,3-5H2,1-2H3. The largest absolute Gasteiger partial charge is 0.458 e. The van der Waals surface area contributed by atoms with Crippen LogP contribution in [0.2, 0.25) is 0 Å². The summed E-state index contributed by atoms with van der Waals surface area (Å²) in [5.74, 6) is 3.61. The van der Waals surface area contributed by atoms with Crippen LogP contribution in [-0.4, -0.2) is 35.7 Å². The third kappa shape index (κ3) is 4.52. The predicted octanol–water partition coefficient (Wildman–Crippen LogP) is 6.10. The Morgan fingerprint density at radius 1 is 1.00 bits per heavy atom. The molecule has 0 amide bonds. The molecule has 1 saturated heterocycles. The third-order valence-corrected chi connectivity index (χ3v) is 11.5.